The van der Waals surface area contributed by atoms with E-state index in [1.54, 1.807) is 0 Å². The number of hydrogen-bond acceptors (Lipinski definition) is 4. The van der Waals surface area contributed by atoms with E-state index in [0.717, 1.165) is 23.0 Å². The molecule has 0 unspecified atom stereocenters. The van der Waals surface area contributed by atoms with Crippen LogP contribution in [0.25, 0.3) is 0 Å². The first-order valence-corrected chi connectivity index (χ1v) is 10.8. The molecule has 38 heavy (non-hydrogen) atoms. The number of carboxylic acid groups (broad SMARTS) is 1. The molecule has 0 saturated heterocycles. The van der Waals surface area contributed by atoms with Crippen molar-refractivity contribution in [1.29, 1.82) is 0 Å². The van der Waals surface area contributed by atoms with Gasteiger partial charge in [-0.1, -0.05) is 6.92 Å². The average Bonchev–Trinajstić information content (AvgIpc) is 2.81. The van der Waals surface area contributed by atoms with Gasteiger partial charge in [-0.2, -0.15) is 39.5 Å². The van der Waals surface area contributed by atoms with Gasteiger partial charge in [0, 0.05) is 6.54 Å². The Bertz CT molecular complexity index is 1190. The van der Waals surface area contributed by atoms with Crippen molar-refractivity contribution in [2.24, 2.45) is 0 Å². The third-order valence-corrected chi connectivity index (χ3v) is 5.98. The van der Waals surface area contributed by atoms with Gasteiger partial charge in [-0.3, -0.25) is 4.90 Å². The number of ether oxygens (including phenoxy) is 1. The van der Waals surface area contributed by atoms with Gasteiger partial charge in [0.2, 0.25) is 0 Å². The number of nitrogens with zero attached hydrogens (tertiary/aromatic N) is 2. The van der Waals surface area contributed by atoms with E-state index in [1.165, 1.54) is 6.92 Å². The highest BCUT2D eigenvalue weighted by Crippen LogP contribution is 2.46. The van der Waals surface area contributed by atoms with Gasteiger partial charge in [0.05, 0.1) is 41.2 Å². The summed E-state index contributed by atoms with van der Waals surface area (Å²) in [5.41, 5.74) is -6.55. The number of hydrogen-bond donors (Lipinski definition) is 1. The Morgan fingerprint density at radius 1 is 0.895 bits per heavy atom. The fraction of sp³-hybridized carbons (Fsp3) is 0.391. The van der Waals surface area contributed by atoms with Crippen molar-refractivity contribution >= 4 is 23.4 Å². The molecule has 1 amide bonds. The average molecular weight is 558 g/mol. The van der Waals surface area contributed by atoms with Gasteiger partial charge in [0.1, 0.15) is 0 Å². The Kier molecular flexibility index (Phi) is 7.54. The van der Waals surface area contributed by atoms with Gasteiger partial charge in [0.25, 0.3) is 0 Å². The lowest BCUT2D eigenvalue weighted by Gasteiger charge is -2.44. The molecule has 0 aromatic heterocycles. The summed E-state index contributed by atoms with van der Waals surface area (Å²) in [6.45, 7) is 0.960. The number of rotatable bonds is 4. The molecule has 0 bridgehead atoms. The predicted octanol–water partition coefficient (Wildman–Crippen LogP) is 6.74. The number of amides is 1. The maximum absolute atomic E-state index is 13.5. The van der Waals surface area contributed by atoms with Gasteiger partial charge >= 0.3 is 30.6 Å². The molecule has 0 saturated carbocycles. The second-order valence-corrected chi connectivity index (χ2v) is 8.33. The zero-order valence-electron chi connectivity index (χ0n) is 19.5. The van der Waals surface area contributed by atoms with Crippen molar-refractivity contribution in [2.45, 2.75) is 44.0 Å². The zero-order chi connectivity index (χ0) is 28.8. The minimum absolute atomic E-state index is 0.0353. The van der Waals surface area contributed by atoms with E-state index in [4.69, 9.17) is 0 Å². The van der Waals surface area contributed by atoms with E-state index in [9.17, 15) is 54.2 Å². The molecule has 208 valence electrons. The summed E-state index contributed by atoms with van der Waals surface area (Å²) in [6.07, 6.45) is -17.0. The number of benzene rings is 2. The van der Waals surface area contributed by atoms with E-state index in [2.05, 4.69) is 4.74 Å². The molecule has 2 aromatic rings. The van der Waals surface area contributed by atoms with Crippen LogP contribution in [0, 0.1) is 0 Å². The van der Waals surface area contributed by atoms with Crippen LogP contribution in [-0.2, 0) is 28.1 Å². The Morgan fingerprint density at radius 3 is 1.84 bits per heavy atom. The number of alkyl halides is 9. The van der Waals surface area contributed by atoms with Crippen molar-refractivity contribution in [1.82, 2.24) is 0 Å². The van der Waals surface area contributed by atoms with E-state index in [-0.39, 0.29) is 30.3 Å². The summed E-state index contributed by atoms with van der Waals surface area (Å²) in [7, 11) is 0.797. The highest BCUT2D eigenvalue weighted by atomic mass is 19.4. The summed E-state index contributed by atoms with van der Waals surface area (Å²) in [5.74, 6) is -1.38. The summed E-state index contributed by atoms with van der Waals surface area (Å²) in [6, 6.07) is -0.876. The van der Waals surface area contributed by atoms with Crippen molar-refractivity contribution in [3.8, 4) is 0 Å². The molecule has 6 nitrogen and oxygen atoms in total. The minimum Gasteiger partial charge on any atom is -0.467 e. The highest BCUT2D eigenvalue weighted by molar-refractivity contribution is 5.95. The first-order valence-electron chi connectivity index (χ1n) is 10.8. The summed E-state index contributed by atoms with van der Waals surface area (Å²) < 4.78 is 126. The van der Waals surface area contributed by atoms with Crippen molar-refractivity contribution in [2.75, 3.05) is 23.5 Å². The SMILES string of the molecule is CC[C@@H]1CN([C@@H](C(=O)OC)c2cc(C(F)(F)F)cc(C(F)(F)F)c2)c2cc(C(F)(F)F)ccc2N1C(=O)O. The minimum atomic E-state index is -5.27. The Balaban J connectivity index is 2.36. The summed E-state index contributed by atoms with van der Waals surface area (Å²) in [5, 5.41) is 9.71. The molecule has 2 atom stereocenters. The zero-order valence-corrected chi connectivity index (χ0v) is 19.5. The van der Waals surface area contributed by atoms with Crippen molar-refractivity contribution in [3.05, 3.63) is 58.7 Å². The second kappa shape index (κ2) is 9.91. The topological polar surface area (TPSA) is 70.1 Å². The van der Waals surface area contributed by atoms with E-state index in [0.29, 0.717) is 12.1 Å². The van der Waals surface area contributed by atoms with Crippen molar-refractivity contribution < 1.29 is 58.9 Å². The number of halogens is 9. The fourth-order valence-corrected chi connectivity index (χ4v) is 4.24. The van der Waals surface area contributed by atoms with Gasteiger partial charge < -0.3 is 14.7 Å². The molecule has 0 radical (unpaired) electrons. The summed E-state index contributed by atoms with van der Waals surface area (Å²) in [4.78, 5) is 26.4. The molecule has 1 heterocycles. The van der Waals surface area contributed by atoms with Crippen LogP contribution in [0.2, 0.25) is 0 Å². The number of fused-ring (bicyclic) bond motifs is 1. The molecular formula is C23H19F9N2O4. The van der Waals surface area contributed by atoms with Crippen LogP contribution in [0.5, 0.6) is 0 Å². The highest BCUT2D eigenvalue weighted by Gasteiger charge is 2.44. The quantitative estimate of drug-likeness (QED) is 0.333. The van der Waals surface area contributed by atoms with Crippen LogP contribution in [0.4, 0.5) is 55.7 Å². The molecule has 1 aliphatic heterocycles. The maximum atomic E-state index is 13.5. The monoisotopic (exact) mass is 558 g/mol. The number of esters is 1. The van der Waals surface area contributed by atoms with Crippen LogP contribution in [0.15, 0.2) is 36.4 Å². The third kappa shape index (κ3) is 5.60. The number of anilines is 2. The van der Waals surface area contributed by atoms with Gasteiger partial charge in [-0.05, 0) is 48.4 Å². The molecular weight excluding hydrogens is 539 g/mol. The van der Waals surface area contributed by atoms with Gasteiger partial charge in [-0.15, -0.1) is 0 Å². The molecule has 2 aromatic carbocycles. The molecule has 1 aliphatic rings. The second-order valence-electron chi connectivity index (χ2n) is 8.33. The Labute approximate surface area is 209 Å². The third-order valence-electron chi connectivity index (χ3n) is 5.98. The molecule has 0 spiro atoms. The smallest absolute Gasteiger partial charge is 0.416 e. The molecule has 3 rings (SSSR count). The lowest BCUT2D eigenvalue weighted by molar-refractivity contribution is -0.145. The van der Waals surface area contributed by atoms with Crippen LogP contribution in [-0.4, -0.2) is 36.9 Å². The van der Waals surface area contributed by atoms with Crippen LogP contribution in [0.1, 0.15) is 41.6 Å². The number of carbonyl (C=O) groups is 2. The lowest BCUT2D eigenvalue weighted by atomic mass is 9.95. The first-order chi connectivity index (χ1) is 17.4. The molecule has 1 N–H and O–H groups in total. The lowest BCUT2D eigenvalue weighted by Crippen LogP contribution is -2.53. The number of methoxy groups -OCH3 is 1. The van der Waals surface area contributed by atoms with E-state index in [1.807, 2.05) is 0 Å². The summed E-state index contributed by atoms with van der Waals surface area (Å²) >= 11 is 0. The van der Waals surface area contributed by atoms with Crippen molar-refractivity contribution in [3.63, 3.8) is 0 Å². The number of carbonyl (C=O) groups excluding carboxylic acids is 1. The van der Waals surface area contributed by atoms with Gasteiger partial charge in [0.15, 0.2) is 6.04 Å². The molecule has 0 aliphatic carbocycles. The van der Waals surface area contributed by atoms with Crippen LogP contribution < -0.4 is 9.80 Å². The fourth-order valence-electron chi connectivity index (χ4n) is 4.24. The maximum Gasteiger partial charge on any atom is 0.416 e. The van der Waals surface area contributed by atoms with Crippen LogP contribution in [0.3, 0.4) is 0 Å². The Morgan fingerprint density at radius 2 is 1.42 bits per heavy atom. The predicted molar refractivity (Wildman–Crippen MR) is 115 cm³/mol. The standard InChI is InChI=1S/C23H19F9N2O4/c1-3-15-10-33(17-9-12(21(24,25)26)4-5-16(17)34(15)20(36)37)18(19(35)38-2)11-6-13(22(27,28)29)8-14(7-11)23(30,31)32/h4-9,15,18H,3,10H2,1-2H3,(H,36,37)/t15-,18-/m1/s1. The van der Waals surface area contributed by atoms with E-state index < -0.39 is 77.2 Å². The molecule has 0 fully saturated rings. The van der Waals surface area contributed by atoms with Gasteiger partial charge in [-0.25, -0.2) is 9.59 Å². The largest absolute Gasteiger partial charge is 0.467 e. The normalized spacial score (nSPS) is 17.2. The van der Waals surface area contributed by atoms with Crippen LogP contribution >= 0.6 is 0 Å². The van der Waals surface area contributed by atoms with E-state index >= 15 is 0 Å². The molecule has 15 heteroatoms. The first kappa shape index (κ1) is 28.9. The Hall–Kier alpha value is -3.65.